The highest BCUT2D eigenvalue weighted by molar-refractivity contribution is 5.95. The maximum atomic E-state index is 13.2. The lowest BCUT2D eigenvalue weighted by molar-refractivity contribution is -0.146. The summed E-state index contributed by atoms with van der Waals surface area (Å²) in [4.78, 5) is 29.8. The van der Waals surface area contributed by atoms with Gasteiger partial charge in [0, 0.05) is 26.2 Å². The summed E-state index contributed by atoms with van der Waals surface area (Å²) >= 11 is 0. The van der Waals surface area contributed by atoms with Crippen LogP contribution < -0.4 is 0 Å². The highest BCUT2D eigenvalue weighted by atomic mass is 16.3. The normalized spacial score (nSPS) is 28.1. The van der Waals surface area contributed by atoms with Crippen LogP contribution in [0.25, 0.3) is 0 Å². The molecule has 25 heavy (non-hydrogen) atoms. The van der Waals surface area contributed by atoms with Crippen LogP contribution in [0.1, 0.15) is 61.7 Å². The largest absolute Gasteiger partial charge is 0.472 e. The number of hydrogen-bond donors (Lipinski definition) is 0. The fraction of sp³-hybridized carbons (Fsp3) is 0.700. The van der Waals surface area contributed by atoms with Gasteiger partial charge in [-0.1, -0.05) is 19.3 Å². The molecule has 3 aliphatic rings. The Morgan fingerprint density at radius 3 is 2.76 bits per heavy atom. The molecule has 5 nitrogen and oxygen atoms in total. The van der Waals surface area contributed by atoms with Crippen LogP contribution in [0.4, 0.5) is 0 Å². The molecule has 1 atom stereocenters. The molecule has 2 amide bonds. The molecule has 1 spiro atoms. The van der Waals surface area contributed by atoms with Gasteiger partial charge in [0.15, 0.2) is 0 Å². The molecule has 1 saturated carbocycles. The van der Waals surface area contributed by atoms with Gasteiger partial charge in [0.25, 0.3) is 5.91 Å². The van der Waals surface area contributed by atoms with E-state index in [1.54, 1.807) is 6.07 Å². The average molecular weight is 344 g/mol. The summed E-state index contributed by atoms with van der Waals surface area (Å²) in [5.74, 6) is 0.965. The molecular formula is C20H28N2O3. The molecule has 1 aromatic rings. The Labute approximate surface area is 149 Å². The van der Waals surface area contributed by atoms with Gasteiger partial charge in [0.1, 0.15) is 6.26 Å². The van der Waals surface area contributed by atoms with Crippen molar-refractivity contribution >= 4 is 11.8 Å². The minimum absolute atomic E-state index is 0.0113. The summed E-state index contributed by atoms with van der Waals surface area (Å²) in [6.07, 6.45) is 12.3. The number of carbonyl (C=O) groups excluding carboxylic acids is 2. The van der Waals surface area contributed by atoms with Gasteiger partial charge in [-0.25, -0.2) is 0 Å². The SMILES string of the molecule is O=C(c1ccoc1)N1CCC2(CCCN(CC3CCCCC3)C2=O)C1. The minimum Gasteiger partial charge on any atom is -0.472 e. The van der Waals surface area contributed by atoms with Crippen molar-refractivity contribution in [2.24, 2.45) is 11.3 Å². The number of furan rings is 1. The molecule has 2 aliphatic heterocycles. The van der Waals surface area contributed by atoms with Crippen LogP contribution >= 0.6 is 0 Å². The Kier molecular flexibility index (Phi) is 4.57. The third-order valence-electron chi connectivity index (χ3n) is 6.44. The highest BCUT2D eigenvalue weighted by Crippen LogP contribution is 2.41. The molecule has 0 aromatic carbocycles. The van der Waals surface area contributed by atoms with E-state index >= 15 is 0 Å². The molecule has 0 radical (unpaired) electrons. The van der Waals surface area contributed by atoms with Crippen LogP contribution in [-0.2, 0) is 4.79 Å². The smallest absolute Gasteiger partial charge is 0.257 e. The monoisotopic (exact) mass is 344 g/mol. The summed E-state index contributed by atoms with van der Waals surface area (Å²) in [6, 6.07) is 1.70. The van der Waals surface area contributed by atoms with Gasteiger partial charge in [-0.15, -0.1) is 0 Å². The summed E-state index contributed by atoms with van der Waals surface area (Å²) in [5.41, 5.74) is 0.242. The number of likely N-dealkylation sites (tertiary alicyclic amines) is 2. The molecule has 0 N–H and O–H groups in total. The van der Waals surface area contributed by atoms with Crippen molar-refractivity contribution in [1.82, 2.24) is 9.80 Å². The lowest BCUT2D eigenvalue weighted by Crippen LogP contribution is -2.51. The van der Waals surface area contributed by atoms with Crippen LogP contribution in [0.2, 0.25) is 0 Å². The maximum Gasteiger partial charge on any atom is 0.257 e. The zero-order chi connectivity index (χ0) is 17.3. The molecule has 1 aromatic heterocycles. The second-order valence-electron chi connectivity index (χ2n) is 8.13. The van der Waals surface area contributed by atoms with Crippen LogP contribution in [0, 0.1) is 11.3 Å². The zero-order valence-electron chi connectivity index (χ0n) is 14.9. The zero-order valence-corrected chi connectivity index (χ0v) is 14.9. The van der Waals surface area contributed by atoms with E-state index in [0.29, 0.717) is 30.5 Å². The topological polar surface area (TPSA) is 53.8 Å². The Morgan fingerprint density at radius 2 is 2.00 bits per heavy atom. The van der Waals surface area contributed by atoms with E-state index in [2.05, 4.69) is 4.90 Å². The van der Waals surface area contributed by atoms with Gasteiger partial charge in [-0.05, 0) is 44.1 Å². The molecule has 136 valence electrons. The first-order chi connectivity index (χ1) is 12.2. The second kappa shape index (κ2) is 6.85. The van der Waals surface area contributed by atoms with E-state index in [1.165, 1.54) is 44.6 Å². The molecule has 0 bridgehead atoms. The van der Waals surface area contributed by atoms with Crippen molar-refractivity contribution in [3.63, 3.8) is 0 Å². The quantitative estimate of drug-likeness (QED) is 0.845. The first-order valence-electron chi connectivity index (χ1n) is 9.79. The average Bonchev–Trinajstić information content (AvgIpc) is 3.31. The van der Waals surface area contributed by atoms with Crippen molar-refractivity contribution < 1.29 is 14.0 Å². The number of piperidine rings is 1. The summed E-state index contributed by atoms with van der Waals surface area (Å²) in [6.45, 7) is 3.06. The van der Waals surface area contributed by atoms with Crippen molar-refractivity contribution in [3.05, 3.63) is 24.2 Å². The Balaban J connectivity index is 1.42. The molecule has 1 unspecified atom stereocenters. The van der Waals surface area contributed by atoms with E-state index in [0.717, 1.165) is 32.4 Å². The van der Waals surface area contributed by atoms with Gasteiger partial charge in [-0.2, -0.15) is 0 Å². The Bertz CT molecular complexity index is 621. The first-order valence-corrected chi connectivity index (χ1v) is 9.79. The standard InChI is InChI=1S/C20H28N2O3/c23-18(17-7-12-25-14-17)22-11-9-20(15-22)8-4-10-21(19(20)24)13-16-5-2-1-3-6-16/h7,12,14,16H,1-6,8-11,13,15H2. The number of nitrogens with zero attached hydrogens (tertiary/aromatic N) is 2. The molecule has 5 heteroatoms. The summed E-state index contributed by atoms with van der Waals surface area (Å²) in [5, 5.41) is 0. The Hall–Kier alpha value is -1.78. The predicted molar refractivity (Wildman–Crippen MR) is 94.1 cm³/mol. The predicted octanol–water partition coefficient (Wildman–Crippen LogP) is 3.31. The van der Waals surface area contributed by atoms with Gasteiger partial charge >= 0.3 is 0 Å². The van der Waals surface area contributed by atoms with Gasteiger partial charge in [0.05, 0.1) is 17.2 Å². The van der Waals surface area contributed by atoms with Gasteiger partial charge in [0.2, 0.25) is 5.91 Å². The minimum atomic E-state index is -0.341. The van der Waals surface area contributed by atoms with E-state index in [-0.39, 0.29) is 11.3 Å². The van der Waals surface area contributed by atoms with Crippen LogP contribution in [0.3, 0.4) is 0 Å². The molecule has 4 rings (SSSR count). The number of carbonyl (C=O) groups is 2. The van der Waals surface area contributed by atoms with Crippen LogP contribution in [0.15, 0.2) is 23.0 Å². The number of hydrogen-bond acceptors (Lipinski definition) is 3. The van der Waals surface area contributed by atoms with Crippen LogP contribution in [-0.4, -0.2) is 47.8 Å². The fourth-order valence-corrected chi connectivity index (χ4v) is 5.00. The fourth-order valence-electron chi connectivity index (χ4n) is 5.00. The lowest BCUT2D eigenvalue weighted by atomic mass is 9.77. The summed E-state index contributed by atoms with van der Waals surface area (Å²) < 4.78 is 5.03. The second-order valence-corrected chi connectivity index (χ2v) is 8.13. The van der Waals surface area contributed by atoms with E-state index < -0.39 is 0 Å². The molecular weight excluding hydrogens is 316 g/mol. The maximum absolute atomic E-state index is 13.2. The molecule has 2 saturated heterocycles. The third kappa shape index (κ3) is 3.21. The van der Waals surface area contributed by atoms with Crippen molar-refractivity contribution in [2.45, 2.75) is 51.4 Å². The van der Waals surface area contributed by atoms with Crippen molar-refractivity contribution in [1.29, 1.82) is 0 Å². The number of amides is 2. The number of rotatable bonds is 3. The molecule has 1 aliphatic carbocycles. The first kappa shape index (κ1) is 16.7. The van der Waals surface area contributed by atoms with Crippen molar-refractivity contribution in [3.8, 4) is 0 Å². The Morgan fingerprint density at radius 1 is 1.16 bits per heavy atom. The molecule has 3 fully saturated rings. The van der Waals surface area contributed by atoms with Gasteiger partial charge in [-0.3, -0.25) is 9.59 Å². The van der Waals surface area contributed by atoms with Gasteiger partial charge < -0.3 is 14.2 Å². The van der Waals surface area contributed by atoms with E-state index in [4.69, 9.17) is 4.42 Å². The van der Waals surface area contributed by atoms with Crippen molar-refractivity contribution in [2.75, 3.05) is 26.2 Å². The molecule has 3 heterocycles. The van der Waals surface area contributed by atoms with Crippen LogP contribution in [0.5, 0.6) is 0 Å². The third-order valence-corrected chi connectivity index (χ3v) is 6.44. The lowest BCUT2D eigenvalue weighted by Gasteiger charge is -2.41. The van der Waals surface area contributed by atoms with E-state index in [9.17, 15) is 9.59 Å². The highest BCUT2D eigenvalue weighted by Gasteiger charge is 2.49. The van der Waals surface area contributed by atoms with E-state index in [1.807, 2.05) is 4.90 Å². The summed E-state index contributed by atoms with van der Waals surface area (Å²) in [7, 11) is 0.